The molecule has 1 aliphatic heterocycles. The molecule has 1 aliphatic carbocycles. The molecule has 0 saturated heterocycles. The molecule has 0 radical (unpaired) electrons. The molecule has 4 unspecified atom stereocenters. The Labute approximate surface area is 209 Å². The third-order valence-corrected chi connectivity index (χ3v) is 6.34. The number of rotatable bonds is 11. The minimum atomic E-state index is -1.88. The number of carbonyl (C=O) groups is 1. The molecule has 11 heteroatoms. The molecule has 2 aliphatic rings. The maximum absolute atomic E-state index is 11.4. The van der Waals surface area contributed by atoms with Crippen LogP contribution in [0.1, 0.15) is 32.8 Å². The van der Waals surface area contributed by atoms with E-state index in [0.717, 1.165) is 17.0 Å². The summed E-state index contributed by atoms with van der Waals surface area (Å²) in [4.78, 5) is 20.3. The van der Waals surface area contributed by atoms with Gasteiger partial charge >= 0.3 is 5.00 Å². The number of nitro groups is 1. The molecule has 3 rings (SSSR count). The van der Waals surface area contributed by atoms with Gasteiger partial charge in [0.25, 0.3) is 0 Å². The zero-order chi connectivity index (χ0) is 25.6. The highest BCUT2D eigenvalue weighted by molar-refractivity contribution is 6.24. The largest absolute Gasteiger partial charge is 0.389 e. The second-order valence-electron chi connectivity index (χ2n) is 9.47. The highest BCUT2D eigenvalue weighted by atomic mass is 35.5. The number of ether oxygens (including phenoxy) is 1. The summed E-state index contributed by atoms with van der Waals surface area (Å²) < 4.78 is 5.54. The Bertz CT molecular complexity index is 1010. The number of carbonyl (C=O) groups excluding carboxylic acids is 1. The summed E-state index contributed by atoms with van der Waals surface area (Å²) in [5.74, 6) is -0.00949. The standard InChI is InChI=1S/C24H32ClN5O5/c1-16-12-21(32)28-29-22(16)17-7-9-18(10-8-17)26-15-23(2,3)27-13-19(31)14-35-20-6-4-5-11-24(20,25)30(33)34/h4-11,16,19-20,26-27,31H,12-15H2,1-3H3,(H,28,32). The predicted octanol–water partition coefficient (Wildman–Crippen LogP) is 2.41. The van der Waals surface area contributed by atoms with Crippen molar-refractivity contribution in [3.63, 3.8) is 0 Å². The van der Waals surface area contributed by atoms with Crippen molar-refractivity contribution >= 4 is 28.9 Å². The molecule has 10 nitrogen and oxygen atoms in total. The van der Waals surface area contributed by atoms with E-state index in [1.165, 1.54) is 18.2 Å². The monoisotopic (exact) mass is 505 g/mol. The van der Waals surface area contributed by atoms with Crippen LogP contribution in [0.15, 0.2) is 53.7 Å². The van der Waals surface area contributed by atoms with Crippen LogP contribution in [0.3, 0.4) is 0 Å². The van der Waals surface area contributed by atoms with E-state index in [1.807, 2.05) is 45.0 Å². The zero-order valence-corrected chi connectivity index (χ0v) is 20.8. The number of alkyl halides is 1. The average Bonchev–Trinajstić information content (AvgIpc) is 2.81. The van der Waals surface area contributed by atoms with E-state index in [2.05, 4.69) is 21.2 Å². The quantitative estimate of drug-likeness (QED) is 0.157. The normalized spacial score (nSPS) is 25.1. The molecule has 1 amide bonds. The van der Waals surface area contributed by atoms with Gasteiger partial charge in [-0.05, 0) is 49.2 Å². The number of benzene rings is 1. The molecular formula is C24H32ClN5O5. The Morgan fingerprint density at radius 3 is 2.74 bits per heavy atom. The van der Waals surface area contributed by atoms with Crippen molar-refractivity contribution in [1.29, 1.82) is 0 Å². The molecule has 35 heavy (non-hydrogen) atoms. The van der Waals surface area contributed by atoms with E-state index >= 15 is 0 Å². The lowest BCUT2D eigenvalue weighted by atomic mass is 9.94. The third kappa shape index (κ3) is 7.11. The minimum Gasteiger partial charge on any atom is -0.389 e. The SMILES string of the molecule is CC1CC(=O)NN=C1c1ccc(NCC(C)(C)NCC(O)COC2C=CC=CC2(Cl)[N+](=O)[O-])cc1. The molecule has 4 atom stereocenters. The van der Waals surface area contributed by atoms with Gasteiger partial charge in [-0.3, -0.25) is 14.9 Å². The van der Waals surface area contributed by atoms with Crippen LogP contribution in [0.5, 0.6) is 0 Å². The van der Waals surface area contributed by atoms with Gasteiger partial charge in [-0.15, -0.1) is 0 Å². The number of halogens is 1. The summed E-state index contributed by atoms with van der Waals surface area (Å²) in [6.45, 7) is 6.68. The number of anilines is 1. The van der Waals surface area contributed by atoms with Gasteiger partial charge in [-0.2, -0.15) is 5.10 Å². The van der Waals surface area contributed by atoms with E-state index in [9.17, 15) is 20.0 Å². The number of aliphatic hydroxyl groups is 1. The van der Waals surface area contributed by atoms with Crippen molar-refractivity contribution in [2.45, 2.75) is 49.9 Å². The molecule has 1 aromatic rings. The smallest absolute Gasteiger partial charge is 0.343 e. The van der Waals surface area contributed by atoms with Crippen molar-refractivity contribution in [1.82, 2.24) is 10.7 Å². The summed E-state index contributed by atoms with van der Waals surface area (Å²) in [5.41, 5.74) is 4.92. The molecule has 0 saturated carbocycles. The van der Waals surface area contributed by atoms with Gasteiger partial charge in [0.1, 0.15) is 0 Å². The topological polar surface area (TPSA) is 138 Å². The molecule has 0 spiro atoms. The lowest BCUT2D eigenvalue weighted by Gasteiger charge is -2.29. The Morgan fingerprint density at radius 2 is 2.09 bits per heavy atom. The van der Waals surface area contributed by atoms with Gasteiger partial charge in [-0.1, -0.05) is 31.2 Å². The first kappa shape index (κ1) is 26.8. The first-order valence-electron chi connectivity index (χ1n) is 11.4. The lowest BCUT2D eigenvalue weighted by molar-refractivity contribution is -0.538. The Hall–Kier alpha value is -2.79. The van der Waals surface area contributed by atoms with E-state index in [4.69, 9.17) is 16.3 Å². The van der Waals surface area contributed by atoms with Crippen molar-refractivity contribution in [3.05, 3.63) is 64.2 Å². The van der Waals surface area contributed by atoms with Crippen molar-refractivity contribution in [2.75, 3.05) is 25.0 Å². The molecule has 0 bridgehead atoms. The summed E-state index contributed by atoms with van der Waals surface area (Å²) in [7, 11) is 0. The molecule has 1 heterocycles. The first-order valence-corrected chi connectivity index (χ1v) is 11.8. The van der Waals surface area contributed by atoms with E-state index in [0.29, 0.717) is 13.0 Å². The van der Waals surface area contributed by atoms with Gasteiger partial charge in [0.2, 0.25) is 5.91 Å². The fourth-order valence-electron chi connectivity index (χ4n) is 3.74. The number of hydrazone groups is 1. The number of hydrogen-bond acceptors (Lipinski definition) is 8. The van der Waals surface area contributed by atoms with Crippen LogP contribution < -0.4 is 16.1 Å². The van der Waals surface area contributed by atoms with Crippen LogP contribution in [-0.2, 0) is 9.53 Å². The van der Waals surface area contributed by atoms with Gasteiger partial charge in [0, 0.05) is 42.7 Å². The summed E-state index contributed by atoms with van der Waals surface area (Å²) >= 11 is 6.08. The second kappa shape index (κ2) is 11.3. The van der Waals surface area contributed by atoms with Crippen LogP contribution in [0.25, 0.3) is 0 Å². The maximum Gasteiger partial charge on any atom is 0.343 e. The third-order valence-electron chi connectivity index (χ3n) is 5.86. The van der Waals surface area contributed by atoms with Crippen molar-refractivity contribution in [3.8, 4) is 0 Å². The van der Waals surface area contributed by atoms with Crippen molar-refractivity contribution < 1.29 is 19.6 Å². The molecule has 0 aromatic heterocycles. The average molecular weight is 506 g/mol. The summed E-state index contributed by atoms with van der Waals surface area (Å²) in [6.07, 6.45) is 4.47. The van der Waals surface area contributed by atoms with Gasteiger partial charge in [0.05, 0.1) is 23.3 Å². The number of aliphatic hydroxyl groups excluding tert-OH is 1. The number of β-amino-alcohol motifs (C(OH)–C–C–N with tert-alkyl or cyclic N) is 1. The minimum absolute atomic E-state index is 0.0621. The highest BCUT2D eigenvalue weighted by Gasteiger charge is 2.47. The maximum atomic E-state index is 11.4. The number of hydrogen-bond donors (Lipinski definition) is 4. The Kier molecular flexibility index (Phi) is 8.65. The fourth-order valence-corrected chi connectivity index (χ4v) is 3.95. The second-order valence-corrected chi connectivity index (χ2v) is 10.1. The number of allylic oxidation sites excluding steroid dienone is 2. The van der Waals surface area contributed by atoms with Crippen molar-refractivity contribution in [2.24, 2.45) is 11.0 Å². The van der Waals surface area contributed by atoms with Gasteiger partial charge in [0.15, 0.2) is 6.10 Å². The summed E-state index contributed by atoms with van der Waals surface area (Å²) in [6, 6.07) is 7.85. The van der Waals surface area contributed by atoms with E-state index in [-0.39, 0.29) is 30.5 Å². The van der Waals surface area contributed by atoms with Crippen LogP contribution in [0, 0.1) is 16.0 Å². The van der Waals surface area contributed by atoms with Gasteiger partial charge < -0.3 is 20.5 Å². The van der Waals surface area contributed by atoms with Crippen LogP contribution in [0.2, 0.25) is 0 Å². The van der Waals surface area contributed by atoms with Crippen LogP contribution in [0.4, 0.5) is 5.69 Å². The lowest BCUT2D eigenvalue weighted by Crippen LogP contribution is -2.50. The molecule has 0 fully saturated rings. The van der Waals surface area contributed by atoms with E-state index in [1.54, 1.807) is 6.08 Å². The molecule has 1 aromatic carbocycles. The molecule has 4 N–H and O–H groups in total. The highest BCUT2D eigenvalue weighted by Crippen LogP contribution is 2.29. The first-order chi connectivity index (χ1) is 16.5. The Balaban J connectivity index is 1.44. The summed E-state index contributed by atoms with van der Waals surface area (Å²) in [5, 5.41) is 32.5. The molecule has 190 valence electrons. The zero-order valence-electron chi connectivity index (χ0n) is 20.0. The Morgan fingerprint density at radius 1 is 1.37 bits per heavy atom. The van der Waals surface area contributed by atoms with Crippen LogP contribution >= 0.6 is 11.6 Å². The fraction of sp³-hybridized carbons (Fsp3) is 0.500. The van der Waals surface area contributed by atoms with E-state index < -0.39 is 22.1 Å². The molecular weight excluding hydrogens is 474 g/mol. The predicted molar refractivity (Wildman–Crippen MR) is 135 cm³/mol. The van der Waals surface area contributed by atoms with Crippen LogP contribution in [-0.4, -0.2) is 64.1 Å². The van der Waals surface area contributed by atoms with Gasteiger partial charge in [-0.25, -0.2) is 5.43 Å². The number of nitrogens with one attached hydrogen (secondary N) is 3. The number of nitrogens with zero attached hydrogens (tertiary/aromatic N) is 2. The number of amides is 1.